The Morgan fingerprint density at radius 1 is 1.28 bits per heavy atom. The van der Waals surface area contributed by atoms with Gasteiger partial charge in [-0.05, 0) is 40.2 Å². The Morgan fingerprint density at radius 3 is 2.72 bits per heavy atom. The van der Waals surface area contributed by atoms with Gasteiger partial charge in [-0.25, -0.2) is 9.97 Å². The summed E-state index contributed by atoms with van der Waals surface area (Å²) < 4.78 is 6.09. The SMILES string of the molecule is CCc1nc(Br)cc(-c2cc(Cl)ccc2OC)n1. The number of methoxy groups -OCH3 is 1. The Bertz CT molecular complexity index is 575. The van der Waals surface area contributed by atoms with Crippen LogP contribution in [0, 0.1) is 0 Å². The molecule has 0 aliphatic heterocycles. The number of aromatic nitrogens is 2. The van der Waals surface area contributed by atoms with Crippen LogP contribution in [-0.4, -0.2) is 17.1 Å². The third-order valence-electron chi connectivity index (χ3n) is 2.49. The molecule has 0 unspecified atom stereocenters. The topological polar surface area (TPSA) is 35.0 Å². The van der Waals surface area contributed by atoms with Crippen LogP contribution in [-0.2, 0) is 6.42 Å². The van der Waals surface area contributed by atoms with Crippen LogP contribution in [0.3, 0.4) is 0 Å². The summed E-state index contributed by atoms with van der Waals surface area (Å²) in [5.74, 6) is 1.52. The number of halogens is 2. The van der Waals surface area contributed by atoms with Crippen molar-refractivity contribution < 1.29 is 4.74 Å². The van der Waals surface area contributed by atoms with Gasteiger partial charge in [-0.3, -0.25) is 0 Å². The Morgan fingerprint density at radius 2 is 2.06 bits per heavy atom. The van der Waals surface area contributed by atoms with Crippen molar-refractivity contribution in [1.29, 1.82) is 0 Å². The maximum Gasteiger partial charge on any atom is 0.130 e. The van der Waals surface area contributed by atoms with Crippen LogP contribution >= 0.6 is 27.5 Å². The molecule has 2 rings (SSSR count). The third-order valence-corrected chi connectivity index (χ3v) is 3.14. The first-order valence-electron chi connectivity index (χ1n) is 5.51. The first-order chi connectivity index (χ1) is 8.63. The fourth-order valence-corrected chi connectivity index (χ4v) is 2.23. The molecule has 0 amide bonds. The fourth-order valence-electron chi connectivity index (χ4n) is 1.64. The van der Waals surface area contributed by atoms with E-state index in [1.54, 1.807) is 13.2 Å². The van der Waals surface area contributed by atoms with Crippen LogP contribution in [0.4, 0.5) is 0 Å². The van der Waals surface area contributed by atoms with E-state index in [1.165, 1.54) is 0 Å². The van der Waals surface area contributed by atoms with Crippen LogP contribution in [0.25, 0.3) is 11.3 Å². The molecule has 0 saturated heterocycles. The number of benzene rings is 1. The van der Waals surface area contributed by atoms with Crippen LogP contribution in [0.15, 0.2) is 28.9 Å². The molecule has 18 heavy (non-hydrogen) atoms. The zero-order valence-corrected chi connectivity index (χ0v) is 12.4. The van der Waals surface area contributed by atoms with Crippen LogP contribution in [0.1, 0.15) is 12.7 Å². The van der Waals surface area contributed by atoms with Gasteiger partial charge in [0.15, 0.2) is 0 Å². The highest BCUT2D eigenvalue weighted by Crippen LogP contribution is 2.32. The number of aryl methyl sites for hydroxylation is 1. The number of nitrogens with zero attached hydrogens (tertiary/aromatic N) is 2. The van der Waals surface area contributed by atoms with Crippen molar-refractivity contribution >= 4 is 27.5 Å². The quantitative estimate of drug-likeness (QED) is 0.795. The second-order valence-corrected chi connectivity index (χ2v) is 4.94. The lowest BCUT2D eigenvalue weighted by molar-refractivity contribution is 0.416. The molecule has 3 nitrogen and oxygen atoms in total. The van der Waals surface area contributed by atoms with Gasteiger partial charge < -0.3 is 4.74 Å². The van der Waals surface area contributed by atoms with Gasteiger partial charge in [0.1, 0.15) is 16.2 Å². The van der Waals surface area contributed by atoms with Crippen molar-refractivity contribution in [1.82, 2.24) is 9.97 Å². The maximum absolute atomic E-state index is 6.03. The number of hydrogen-bond donors (Lipinski definition) is 0. The van der Waals surface area contributed by atoms with E-state index in [-0.39, 0.29) is 0 Å². The average Bonchev–Trinajstić information content (AvgIpc) is 2.38. The van der Waals surface area contributed by atoms with E-state index in [1.807, 2.05) is 25.1 Å². The average molecular weight is 328 g/mol. The molecule has 5 heteroatoms. The highest BCUT2D eigenvalue weighted by Gasteiger charge is 2.10. The molecule has 1 heterocycles. The van der Waals surface area contributed by atoms with Gasteiger partial charge in [0, 0.05) is 17.0 Å². The first-order valence-corrected chi connectivity index (χ1v) is 6.68. The molecule has 0 bridgehead atoms. The molecule has 0 saturated carbocycles. The van der Waals surface area contributed by atoms with E-state index in [9.17, 15) is 0 Å². The summed E-state index contributed by atoms with van der Waals surface area (Å²) in [6.45, 7) is 2.01. The Balaban J connectivity index is 2.60. The van der Waals surface area contributed by atoms with E-state index in [0.29, 0.717) is 5.02 Å². The van der Waals surface area contributed by atoms with Crippen molar-refractivity contribution in [2.75, 3.05) is 7.11 Å². The van der Waals surface area contributed by atoms with E-state index < -0.39 is 0 Å². The molecule has 0 aliphatic carbocycles. The van der Waals surface area contributed by atoms with Crippen molar-refractivity contribution in [3.8, 4) is 17.0 Å². The minimum Gasteiger partial charge on any atom is -0.496 e. The molecule has 1 aromatic heterocycles. The largest absolute Gasteiger partial charge is 0.496 e. The predicted octanol–water partition coefficient (Wildman–Crippen LogP) is 4.13. The number of ether oxygens (including phenoxy) is 1. The van der Waals surface area contributed by atoms with E-state index in [2.05, 4.69) is 25.9 Å². The molecule has 94 valence electrons. The lowest BCUT2D eigenvalue weighted by Crippen LogP contribution is -1.97. The van der Waals surface area contributed by atoms with Crippen LogP contribution in [0.5, 0.6) is 5.75 Å². The lowest BCUT2D eigenvalue weighted by Gasteiger charge is -2.09. The highest BCUT2D eigenvalue weighted by atomic mass is 79.9. The van der Waals surface area contributed by atoms with Gasteiger partial charge in [-0.1, -0.05) is 18.5 Å². The van der Waals surface area contributed by atoms with Gasteiger partial charge in [0.25, 0.3) is 0 Å². The standard InChI is InChI=1S/C13H12BrClN2O/c1-3-13-16-10(7-12(14)17-13)9-6-8(15)4-5-11(9)18-2/h4-7H,3H2,1-2H3. The predicted molar refractivity (Wildman–Crippen MR) is 76.1 cm³/mol. The van der Waals surface area contributed by atoms with Gasteiger partial charge in [-0.2, -0.15) is 0 Å². The van der Waals surface area contributed by atoms with E-state index >= 15 is 0 Å². The van der Waals surface area contributed by atoms with Crippen LogP contribution in [0.2, 0.25) is 5.02 Å². The summed E-state index contributed by atoms with van der Waals surface area (Å²) in [5.41, 5.74) is 1.66. The summed E-state index contributed by atoms with van der Waals surface area (Å²) in [4.78, 5) is 8.78. The molecule has 0 N–H and O–H groups in total. The minimum absolute atomic E-state index is 0.651. The first kappa shape index (κ1) is 13.3. The molecular formula is C13H12BrClN2O. The van der Waals surface area contributed by atoms with Crippen molar-refractivity contribution in [3.05, 3.63) is 39.7 Å². The smallest absolute Gasteiger partial charge is 0.130 e. The van der Waals surface area contributed by atoms with E-state index in [4.69, 9.17) is 16.3 Å². The minimum atomic E-state index is 0.651. The normalized spacial score (nSPS) is 10.4. The molecular weight excluding hydrogens is 316 g/mol. The monoisotopic (exact) mass is 326 g/mol. The van der Waals surface area contributed by atoms with Gasteiger partial charge >= 0.3 is 0 Å². The van der Waals surface area contributed by atoms with Gasteiger partial charge in [-0.15, -0.1) is 0 Å². The summed E-state index contributed by atoms with van der Waals surface area (Å²) in [6, 6.07) is 7.32. The Kier molecular flexibility index (Phi) is 4.19. The zero-order valence-electron chi connectivity index (χ0n) is 10.1. The van der Waals surface area contributed by atoms with Crippen molar-refractivity contribution in [3.63, 3.8) is 0 Å². The Hall–Kier alpha value is -1.13. The summed E-state index contributed by atoms with van der Waals surface area (Å²) in [5, 5.41) is 0.651. The number of hydrogen-bond acceptors (Lipinski definition) is 3. The lowest BCUT2D eigenvalue weighted by atomic mass is 10.1. The second kappa shape index (κ2) is 5.67. The van der Waals surface area contributed by atoms with Crippen LogP contribution < -0.4 is 4.74 Å². The number of rotatable bonds is 3. The zero-order chi connectivity index (χ0) is 13.1. The summed E-state index contributed by atoms with van der Waals surface area (Å²) in [7, 11) is 1.63. The fraction of sp³-hybridized carbons (Fsp3) is 0.231. The van der Waals surface area contributed by atoms with Gasteiger partial charge in [0.05, 0.1) is 12.8 Å². The molecule has 2 aromatic rings. The molecule has 0 radical (unpaired) electrons. The third kappa shape index (κ3) is 2.82. The Labute approximate surface area is 119 Å². The maximum atomic E-state index is 6.03. The van der Waals surface area contributed by atoms with Crippen molar-refractivity contribution in [2.45, 2.75) is 13.3 Å². The molecule has 0 atom stereocenters. The molecule has 0 spiro atoms. The summed E-state index contributed by atoms with van der Waals surface area (Å²) >= 11 is 9.42. The van der Waals surface area contributed by atoms with Gasteiger partial charge in [0.2, 0.25) is 0 Å². The van der Waals surface area contributed by atoms with Crippen molar-refractivity contribution in [2.24, 2.45) is 0 Å². The highest BCUT2D eigenvalue weighted by molar-refractivity contribution is 9.10. The summed E-state index contributed by atoms with van der Waals surface area (Å²) in [6.07, 6.45) is 0.773. The molecule has 0 fully saturated rings. The second-order valence-electron chi connectivity index (χ2n) is 3.69. The molecule has 0 aliphatic rings. The molecule has 1 aromatic carbocycles. The van der Waals surface area contributed by atoms with E-state index in [0.717, 1.165) is 33.9 Å².